The van der Waals surface area contributed by atoms with E-state index in [2.05, 4.69) is 117 Å². The summed E-state index contributed by atoms with van der Waals surface area (Å²) in [4.78, 5) is 0. The molecule has 0 spiro atoms. The van der Waals surface area contributed by atoms with Crippen molar-refractivity contribution in [1.29, 1.82) is 0 Å². The van der Waals surface area contributed by atoms with E-state index in [4.69, 9.17) is 0 Å². The molecule has 1 aliphatic carbocycles. The third-order valence-electron chi connectivity index (χ3n) is 5.83. The normalized spacial score (nSPS) is 13.6. The van der Waals surface area contributed by atoms with Gasteiger partial charge in [0.05, 0.1) is 0 Å². The van der Waals surface area contributed by atoms with Crippen molar-refractivity contribution in [3.8, 4) is 0 Å². The van der Waals surface area contributed by atoms with Gasteiger partial charge in [-0.2, -0.15) is 0 Å². The molecule has 4 rings (SSSR count). The Balaban J connectivity index is 0.00000150. The van der Waals surface area contributed by atoms with Crippen molar-refractivity contribution in [2.75, 3.05) is 0 Å². The van der Waals surface area contributed by atoms with Crippen molar-refractivity contribution in [1.82, 2.24) is 0 Å². The van der Waals surface area contributed by atoms with Gasteiger partial charge in [0.2, 0.25) is 0 Å². The Kier molecular flexibility index (Phi) is 8.74. The molecule has 29 heavy (non-hydrogen) atoms. The van der Waals surface area contributed by atoms with Crippen molar-refractivity contribution in [3.05, 3.63) is 119 Å². The summed E-state index contributed by atoms with van der Waals surface area (Å²) in [6.07, 6.45) is 9.30. The number of hydrogen-bond acceptors (Lipinski definition) is 0. The molecule has 150 valence electrons. The molecule has 0 heterocycles. The molecule has 1 unspecified atom stereocenters. The zero-order valence-electron chi connectivity index (χ0n) is 16.3. The molecule has 0 saturated heterocycles. The fourth-order valence-electron chi connectivity index (χ4n) is 4.22. The molecular weight excluding hydrogens is 466 g/mol. The van der Waals surface area contributed by atoms with Gasteiger partial charge in [0, 0.05) is 0 Å². The van der Waals surface area contributed by atoms with Crippen molar-refractivity contribution >= 4 is 46.8 Å². The summed E-state index contributed by atoms with van der Waals surface area (Å²) in [7, 11) is 2.37. The summed E-state index contributed by atoms with van der Waals surface area (Å²) < 4.78 is 4.86. The molecule has 3 aromatic rings. The van der Waals surface area contributed by atoms with Crippen LogP contribution in [0.5, 0.6) is 0 Å². The van der Waals surface area contributed by atoms with Crippen LogP contribution >= 0.6 is 31.4 Å². The van der Waals surface area contributed by atoms with Crippen LogP contribution in [0.4, 0.5) is 0 Å². The standard InChI is InChI=1S/C7H8P.2C6H5.C5H5.2ClH.H2Si.Ti/c8-6-7-4-2-1-3-5-7;2*1-2-4-6-5-3-1;1-2-4-5-3-1;;;;/h1-5,8H,6H2;2*1-5H;1-3H,4H2;2*1H;1H2;/q-1;;;;;;;+1. The first-order valence-corrected chi connectivity index (χ1v) is 19.4. The Morgan fingerprint density at radius 1 is 0.724 bits per heavy atom. The van der Waals surface area contributed by atoms with Crippen LogP contribution in [0.3, 0.4) is 0 Å². The zero-order valence-corrected chi connectivity index (χ0v) is 21.9. The van der Waals surface area contributed by atoms with Crippen LogP contribution in [0.15, 0.2) is 113 Å². The van der Waals surface area contributed by atoms with Crippen molar-refractivity contribution < 1.29 is 13.5 Å². The number of allylic oxidation sites excluding steroid dienone is 4. The van der Waals surface area contributed by atoms with Gasteiger partial charge in [0.25, 0.3) is 0 Å². The van der Waals surface area contributed by atoms with Gasteiger partial charge < -0.3 is 0 Å². The van der Waals surface area contributed by atoms with Gasteiger partial charge in [-0.1, -0.05) is 0 Å². The van der Waals surface area contributed by atoms with Crippen LogP contribution in [-0.2, 0) is 19.7 Å². The Hall–Kier alpha value is -0.919. The van der Waals surface area contributed by atoms with Crippen LogP contribution in [0.1, 0.15) is 12.0 Å². The van der Waals surface area contributed by atoms with E-state index in [1.54, 1.807) is 11.6 Å². The average molecular weight is 493 g/mol. The molecule has 0 nitrogen and oxygen atoms in total. The number of benzene rings is 3. The number of halogens is 2. The third kappa shape index (κ3) is 4.57. The van der Waals surface area contributed by atoms with E-state index < -0.39 is 13.5 Å². The second-order valence-electron chi connectivity index (χ2n) is 7.35. The minimum absolute atomic E-state index is 0. The molecule has 0 aromatic heterocycles. The Bertz CT molecular complexity index is 1000. The third-order valence-corrected chi connectivity index (χ3v) is 31.5. The molecule has 3 aromatic carbocycles. The fourth-order valence-corrected chi connectivity index (χ4v) is 24.3. The molecular formula is C24H27Cl2PSiTi. The summed E-state index contributed by atoms with van der Waals surface area (Å²) in [5.41, 5.74) is 1.46. The van der Waals surface area contributed by atoms with Crippen LogP contribution in [0.25, 0.3) is 0 Å². The van der Waals surface area contributed by atoms with Gasteiger partial charge in [-0.15, -0.1) is 24.8 Å². The second kappa shape index (κ2) is 10.4. The van der Waals surface area contributed by atoms with Gasteiger partial charge in [0.1, 0.15) is 0 Å². The molecule has 5 heteroatoms. The molecule has 0 fully saturated rings. The van der Waals surface area contributed by atoms with Crippen molar-refractivity contribution in [2.24, 2.45) is 0 Å². The van der Waals surface area contributed by atoms with Crippen LogP contribution in [0, 0.1) is 0 Å². The van der Waals surface area contributed by atoms with Crippen molar-refractivity contribution in [2.45, 2.75) is 12.6 Å². The Morgan fingerprint density at radius 2 is 1.21 bits per heavy atom. The number of rotatable bonds is 6. The molecule has 0 saturated carbocycles. The first-order valence-electron chi connectivity index (χ1n) is 9.51. The molecule has 0 bridgehead atoms. The Morgan fingerprint density at radius 3 is 1.66 bits per heavy atom. The molecule has 0 N–H and O–H groups in total. The van der Waals surface area contributed by atoms with E-state index in [0.29, 0.717) is 0 Å². The van der Waals surface area contributed by atoms with Crippen molar-refractivity contribution in [3.63, 3.8) is 0 Å². The van der Waals surface area contributed by atoms with Crippen LogP contribution < -0.4 is 7.74 Å². The van der Waals surface area contributed by atoms with E-state index in [-0.39, 0.29) is 24.8 Å². The molecule has 1 aliphatic rings. The molecule has 0 amide bonds. The predicted molar refractivity (Wildman–Crippen MR) is 135 cm³/mol. The molecule has 0 aliphatic heterocycles. The van der Waals surface area contributed by atoms with E-state index >= 15 is 0 Å². The predicted octanol–water partition coefficient (Wildman–Crippen LogP) is 5.36. The first kappa shape index (κ1) is 24.4. The summed E-state index contributed by atoms with van der Waals surface area (Å²) >= 11 is -3.36. The van der Waals surface area contributed by atoms with Gasteiger partial charge >= 0.3 is 167 Å². The van der Waals surface area contributed by atoms with Crippen LogP contribution in [0.2, 0.25) is 0 Å². The average Bonchev–Trinajstić information content (AvgIpc) is 3.30. The van der Waals surface area contributed by atoms with Gasteiger partial charge in [0.15, 0.2) is 0 Å². The fraction of sp³-hybridized carbons (Fsp3) is 0.0833. The molecule has 1 atom stereocenters. The SMILES string of the molecule is Cl.Cl.[SiH2]=[Ti]([PH]Cc1ccccc1)([C]1=CC=CC1)([c]1ccccc1)[c]1ccccc1. The van der Waals surface area contributed by atoms with Gasteiger partial charge in [-0.25, -0.2) is 0 Å². The van der Waals surface area contributed by atoms with E-state index in [0.717, 1.165) is 19.2 Å². The number of hydrogen-bond donors (Lipinski definition) is 0. The summed E-state index contributed by atoms with van der Waals surface area (Å²) in [6.45, 7) is 0.909. The van der Waals surface area contributed by atoms with E-state index in [1.807, 2.05) is 0 Å². The van der Waals surface area contributed by atoms with E-state index in [1.165, 1.54) is 5.56 Å². The maximum atomic E-state index is 2.43. The zero-order chi connectivity index (χ0) is 18.6. The summed E-state index contributed by atoms with van der Waals surface area (Å²) in [6, 6.07) is 33.8. The monoisotopic (exact) mass is 492 g/mol. The van der Waals surface area contributed by atoms with Gasteiger partial charge in [-0.05, 0) is 0 Å². The summed E-state index contributed by atoms with van der Waals surface area (Å²) in [5.74, 6) is 0. The van der Waals surface area contributed by atoms with Crippen LogP contribution in [-0.4, -0.2) is 7.63 Å². The van der Waals surface area contributed by atoms with E-state index in [9.17, 15) is 0 Å². The van der Waals surface area contributed by atoms with Gasteiger partial charge in [-0.3, -0.25) is 0 Å². The summed E-state index contributed by atoms with van der Waals surface area (Å²) in [5, 5.41) is 0. The topological polar surface area (TPSA) is 0 Å². The molecule has 0 radical (unpaired) electrons. The Labute approximate surface area is 190 Å². The second-order valence-corrected chi connectivity index (χ2v) is 30.4. The minimum atomic E-state index is -3.36. The first-order chi connectivity index (χ1) is 13.2. The maximum absolute atomic E-state index is 3.36. The quantitative estimate of drug-likeness (QED) is 0.321.